The molecule has 3 aromatic carbocycles. The second-order valence-electron chi connectivity index (χ2n) is 9.33. The third-order valence-electron chi connectivity index (χ3n) is 6.59. The SMILES string of the molecule is Cc1cccc([C@H]2c3cc(O[C@H](C)C(=O)NC4CC4)ccc3CCN2C(=O)c2ccccc2)c1. The molecule has 2 atom stereocenters. The Morgan fingerprint density at radius 3 is 2.53 bits per heavy atom. The van der Waals surface area contributed by atoms with Gasteiger partial charge < -0.3 is 15.0 Å². The molecule has 1 N–H and O–H groups in total. The van der Waals surface area contributed by atoms with Crippen molar-refractivity contribution < 1.29 is 14.3 Å². The molecule has 5 rings (SSSR count). The van der Waals surface area contributed by atoms with Crippen LogP contribution in [0.25, 0.3) is 0 Å². The lowest BCUT2D eigenvalue weighted by molar-refractivity contribution is -0.127. The number of hydrogen-bond donors (Lipinski definition) is 1. The fourth-order valence-corrected chi connectivity index (χ4v) is 4.64. The molecule has 1 heterocycles. The molecule has 0 bridgehead atoms. The zero-order chi connectivity index (χ0) is 23.7. The number of rotatable bonds is 6. The second-order valence-corrected chi connectivity index (χ2v) is 9.33. The van der Waals surface area contributed by atoms with E-state index < -0.39 is 6.10 Å². The molecular formula is C29H30N2O3. The first-order valence-electron chi connectivity index (χ1n) is 12.0. The smallest absolute Gasteiger partial charge is 0.260 e. The van der Waals surface area contributed by atoms with E-state index in [4.69, 9.17) is 4.74 Å². The average molecular weight is 455 g/mol. The van der Waals surface area contributed by atoms with E-state index in [1.165, 1.54) is 5.56 Å². The summed E-state index contributed by atoms with van der Waals surface area (Å²) in [6, 6.07) is 23.9. The zero-order valence-corrected chi connectivity index (χ0v) is 19.7. The average Bonchev–Trinajstić information content (AvgIpc) is 3.67. The minimum absolute atomic E-state index is 0.0151. The number of amides is 2. The maximum absolute atomic E-state index is 13.6. The van der Waals surface area contributed by atoms with Crippen molar-refractivity contribution in [3.05, 3.63) is 101 Å². The summed E-state index contributed by atoms with van der Waals surface area (Å²) < 4.78 is 6.04. The van der Waals surface area contributed by atoms with Gasteiger partial charge in [-0.3, -0.25) is 9.59 Å². The number of hydrogen-bond acceptors (Lipinski definition) is 3. The summed E-state index contributed by atoms with van der Waals surface area (Å²) in [5.41, 5.74) is 5.15. The van der Waals surface area contributed by atoms with Gasteiger partial charge in [0.05, 0.1) is 6.04 Å². The van der Waals surface area contributed by atoms with Gasteiger partial charge >= 0.3 is 0 Å². The highest BCUT2D eigenvalue weighted by Crippen LogP contribution is 2.38. The van der Waals surface area contributed by atoms with E-state index >= 15 is 0 Å². The van der Waals surface area contributed by atoms with Crippen molar-refractivity contribution in [3.8, 4) is 5.75 Å². The Morgan fingerprint density at radius 2 is 1.79 bits per heavy atom. The topological polar surface area (TPSA) is 58.6 Å². The molecule has 174 valence electrons. The van der Waals surface area contributed by atoms with Gasteiger partial charge in [0.2, 0.25) is 0 Å². The van der Waals surface area contributed by atoms with Gasteiger partial charge in [-0.25, -0.2) is 0 Å². The van der Waals surface area contributed by atoms with Crippen molar-refractivity contribution in [1.29, 1.82) is 0 Å². The van der Waals surface area contributed by atoms with Gasteiger partial charge in [-0.1, -0.05) is 54.1 Å². The predicted molar refractivity (Wildman–Crippen MR) is 132 cm³/mol. The van der Waals surface area contributed by atoms with Crippen LogP contribution in [0.3, 0.4) is 0 Å². The molecule has 5 heteroatoms. The van der Waals surface area contributed by atoms with Crippen molar-refractivity contribution in [3.63, 3.8) is 0 Å². The van der Waals surface area contributed by atoms with E-state index in [1.807, 2.05) is 53.4 Å². The number of nitrogens with one attached hydrogen (secondary N) is 1. The molecule has 0 spiro atoms. The lowest BCUT2D eigenvalue weighted by Gasteiger charge is -2.38. The Kier molecular flexibility index (Phi) is 6.10. The van der Waals surface area contributed by atoms with Gasteiger partial charge in [0.1, 0.15) is 5.75 Å². The van der Waals surface area contributed by atoms with Crippen LogP contribution in [0.15, 0.2) is 72.8 Å². The summed E-state index contributed by atoms with van der Waals surface area (Å²) in [6.07, 6.45) is 2.28. The summed E-state index contributed by atoms with van der Waals surface area (Å²) in [5, 5.41) is 3.00. The van der Waals surface area contributed by atoms with Crippen LogP contribution >= 0.6 is 0 Å². The first-order chi connectivity index (χ1) is 16.5. The summed E-state index contributed by atoms with van der Waals surface area (Å²) in [5.74, 6) is 0.571. The molecule has 2 aliphatic rings. The summed E-state index contributed by atoms with van der Waals surface area (Å²) in [6.45, 7) is 4.48. The fourth-order valence-electron chi connectivity index (χ4n) is 4.64. The summed E-state index contributed by atoms with van der Waals surface area (Å²) >= 11 is 0. The number of ether oxygens (including phenoxy) is 1. The largest absolute Gasteiger partial charge is 0.481 e. The number of carbonyl (C=O) groups excluding carboxylic acids is 2. The lowest BCUT2D eigenvalue weighted by atomic mass is 9.87. The van der Waals surface area contributed by atoms with Crippen molar-refractivity contribution in [2.75, 3.05) is 6.54 Å². The molecule has 1 aliphatic carbocycles. The molecule has 1 aliphatic heterocycles. The Labute approximate surface area is 200 Å². The van der Waals surface area contributed by atoms with Crippen molar-refractivity contribution in [1.82, 2.24) is 10.2 Å². The molecule has 1 fully saturated rings. The standard InChI is InChI=1S/C29H30N2O3/c1-19-7-6-10-23(17-19)27-26-18-25(34-20(2)28(32)30-24-12-13-24)14-11-21(26)15-16-31(27)29(33)22-8-4-3-5-9-22/h3-11,14,17-18,20,24,27H,12-13,15-16H2,1-2H3,(H,30,32)/t20-,27+/m1/s1. The first kappa shape index (κ1) is 22.2. The third kappa shape index (κ3) is 4.69. The normalized spacial score (nSPS) is 18.1. The molecule has 0 radical (unpaired) electrons. The molecule has 3 aromatic rings. The van der Waals surface area contributed by atoms with Crippen LogP contribution in [0.1, 0.15) is 58.4 Å². The highest BCUT2D eigenvalue weighted by molar-refractivity contribution is 5.95. The Bertz CT molecular complexity index is 1200. The third-order valence-corrected chi connectivity index (χ3v) is 6.59. The molecule has 0 aromatic heterocycles. The van der Waals surface area contributed by atoms with Crippen LogP contribution < -0.4 is 10.1 Å². The van der Waals surface area contributed by atoms with Crippen LogP contribution in [0.4, 0.5) is 0 Å². The highest BCUT2D eigenvalue weighted by Gasteiger charge is 2.33. The molecule has 0 saturated heterocycles. The van der Waals surface area contributed by atoms with Crippen molar-refractivity contribution in [2.24, 2.45) is 0 Å². The minimum Gasteiger partial charge on any atom is -0.481 e. The molecule has 34 heavy (non-hydrogen) atoms. The summed E-state index contributed by atoms with van der Waals surface area (Å²) in [7, 11) is 0. The number of fused-ring (bicyclic) bond motifs is 1. The highest BCUT2D eigenvalue weighted by atomic mass is 16.5. The van der Waals surface area contributed by atoms with E-state index in [2.05, 4.69) is 36.5 Å². The Balaban J connectivity index is 1.49. The van der Waals surface area contributed by atoms with Crippen LogP contribution in [0.5, 0.6) is 5.75 Å². The number of benzene rings is 3. The van der Waals surface area contributed by atoms with Gasteiger partial charge in [-0.05, 0) is 74.1 Å². The van der Waals surface area contributed by atoms with Gasteiger partial charge in [0, 0.05) is 18.2 Å². The quantitative estimate of drug-likeness (QED) is 0.581. The van der Waals surface area contributed by atoms with Crippen LogP contribution in [-0.4, -0.2) is 35.4 Å². The van der Waals surface area contributed by atoms with E-state index in [0.717, 1.165) is 36.0 Å². The molecular weight excluding hydrogens is 424 g/mol. The van der Waals surface area contributed by atoms with E-state index in [9.17, 15) is 9.59 Å². The first-order valence-corrected chi connectivity index (χ1v) is 12.0. The van der Waals surface area contributed by atoms with E-state index in [-0.39, 0.29) is 17.9 Å². The Hall–Kier alpha value is -3.60. The molecule has 1 saturated carbocycles. The van der Waals surface area contributed by atoms with E-state index in [0.29, 0.717) is 23.9 Å². The van der Waals surface area contributed by atoms with E-state index in [1.54, 1.807) is 6.92 Å². The molecule has 5 nitrogen and oxygen atoms in total. The predicted octanol–water partition coefficient (Wildman–Crippen LogP) is 4.83. The second kappa shape index (κ2) is 9.34. The molecule has 0 unspecified atom stereocenters. The molecule has 2 amide bonds. The van der Waals surface area contributed by atoms with Crippen LogP contribution in [-0.2, 0) is 11.2 Å². The maximum atomic E-state index is 13.6. The number of nitrogens with zero attached hydrogens (tertiary/aromatic N) is 1. The van der Waals surface area contributed by atoms with Gasteiger partial charge in [-0.2, -0.15) is 0 Å². The zero-order valence-electron chi connectivity index (χ0n) is 19.7. The van der Waals surface area contributed by atoms with Crippen molar-refractivity contribution >= 4 is 11.8 Å². The number of aryl methyl sites for hydroxylation is 1. The van der Waals surface area contributed by atoms with Crippen LogP contribution in [0.2, 0.25) is 0 Å². The van der Waals surface area contributed by atoms with Gasteiger partial charge in [0.25, 0.3) is 11.8 Å². The maximum Gasteiger partial charge on any atom is 0.260 e. The lowest BCUT2D eigenvalue weighted by Crippen LogP contribution is -2.41. The minimum atomic E-state index is -0.582. The van der Waals surface area contributed by atoms with Gasteiger partial charge in [-0.15, -0.1) is 0 Å². The summed E-state index contributed by atoms with van der Waals surface area (Å²) in [4.78, 5) is 28.0. The van der Waals surface area contributed by atoms with Gasteiger partial charge in [0.15, 0.2) is 6.10 Å². The Morgan fingerprint density at radius 1 is 1.00 bits per heavy atom. The van der Waals surface area contributed by atoms with Crippen LogP contribution in [0, 0.1) is 6.92 Å². The fraction of sp³-hybridized carbons (Fsp3) is 0.310. The monoisotopic (exact) mass is 454 g/mol. The van der Waals surface area contributed by atoms with Crippen molar-refractivity contribution in [2.45, 2.75) is 51.3 Å². The number of carbonyl (C=O) groups is 2.